The van der Waals surface area contributed by atoms with E-state index in [1.54, 1.807) is 0 Å². The maximum absolute atomic E-state index is 6.02. The number of rotatable bonds is 4. The Morgan fingerprint density at radius 2 is 2.11 bits per heavy atom. The minimum atomic E-state index is 0.625. The summed E-state index contributed by atoms with van der Waals surface area (Å²) in [6.07, 6.45) is 7.49. The van der Waals surface area contributed by atoms with E-state index in [-0.39, 0.29) is 0 Å². The Labute approximate surface area is 124 Å². The van der Waals surface area contributed by atoms with Crippen molar-refractivity contribution in [1.29, 1.82) is 0 Å². The Hall–Kier alpha value is 0.110. The highest BCUT2D eigenvalue weighted by Crippen LogP contribution is 2.27. The molecule has 1 fully saturated rings. The van der Waals surface area contributed by atoms with Crippen LogP contribution in [0.5, 0.6) is 0 Å². The molecule has 0 amide bonds. The molecule has 1 aromatic carbocycles. The highest BCUT2D eigenvalue weighted by molar-refractivity contribution is 7.99. The minimum Gasteiger partial charge on any atom is -0.310 e. The first-order chi connectivity index (χ1) is 8.69. The quantitative estimate of drug-likeness (QED) is 0.861. The first-order valence-electron chi connectivity index (χ1n) is 6.39. The van der Waals surface area contributed by atoms with Crippen LogP contribution in [-0.2, 0) is 6.54 Å². The number of benzene rings is 1. The van der Waals surface area contributed by atoms with E-state index in [2.05, 4.69) is 11.6 Å². The zero-order valence-electron chi connectivity index (χ0n) is 10.6. The van der Waals surface area contributed by atoms with E-state index >= 15 is 0 Å². The standard InChI is InChI=1S/C14H19Cl2NS/c1-18-12-4-2-3-11(8-12)17-9-10-5-6-13(15)14(16)7-10/h5-7,11-12,17H,2-4,8-9H2,1H3. The van der Waals surface area contributed by atoms with Crippen LogP contribution in [0.3, 0.4) is 0 Å². The van der Waals surface area contributed by atoms with Gasteiger partial charge in [0, 0.05) is 17.8 Å². The van der Waals surface area contributed by atoms with Crippen LogP contribution in [0.15, 0.2) is 18.2 Å². The van der Waals surface area contributed by atoms with E-state index in [4.69, 9.17) is 23.2 Å². The van der Waals surface area contributed by atoms with Crippen LogP contribution in [-0.4, -0.2) is 17.5 Å². The van der Waals surface area contributed by atoms with Gasteiger partial charge in [-0.25, -0.2) is 0 Å². The van der Waals surface area contributed by atoms with Crippen LogP contribution >= 0.6 is 35.0 Å². The summed E-state index contributed by atoms with van der Waals surface area (Å²) in [6.45, 7) is 0.878. The molecule has 0 aliphatic heterocycles. The van der Waals surface area contributed by atoms with Crippen molar-refractivity contribution in [2.75, 3.05) is 6.26 Å². The molecular weight excluding hydrogens is 285 g/mol. The molecule has 0 aromatic heterocycles. The Kier molecular flexibility index (Phi) is 5.68. The van der Waals surface area contributed by atoms with Gasteiger partial charge in [-0.3, -0.25) is 0 Å². The molecule has 4 heteroatoms. The molecule has 2 rings (SSSR count). The van der Waals surface area contributed by atoms with Gasteiger partial charge in [0.2, 0.25) is 0 Å². The highest BCUT2D eigenvalue weighted by Gasteiger charge is 2.20. The molecule has 0 radical (unpaired) electrons. The van der Waals surface area contributed by atoms with Gasteiger partial charge in [-0.15, -0.1) is 0 Å². The molecule has 0 saturated heterocycles. The van der Waals surface area contributed by atoms with Gasteiger partial charge in [0.1, 0.15) is 0 Å². The SMILES string of the molecule is CSC1CCCC(NCc2ccc(Cl)c(Cl)c2)C1. The summed E-state index contributed by atoms with van der Waals surface area (Å²) in [6, 6.07) is 6.50. The lowest BCUT2D eigenvalue weighted by Crippen LogP contribution is -2.34. The second-order valence-electron chi connectivity index (χ2n) is 4.85. The Morgan fingerprint density at radius 3 is 2.83 bits per heavy atom. The van der Waals surface area contributed by atoms with E-state index in [1.807, 2.05) is 30.0 Å². The maximum Gasteiger partial charge on any atom is 0.0595 e. The predicted molar refractivity (Wildman–Crippen MR) is 82.9 cm³/mol. The van der Waals surface area contributed by atoms with Crippen molar-refractivity contribution in [3.63, 3.8) is 0 Å². The molecule has 0 spiro atoms. The molecule has 1 saturated carbocycles. The van der Waals surface area contributed by atoms with Gasteiger partial charge in [-0.1, -0.05) is 35.7 Å². The first-order valence-corrected chi connectivity index (χ1v) is 8.43. The molecule has 1 N–H and O–H groups in total. The van der Waals surface area contributed by atoms with Crippen molar-refractivity contribution in [3.05, 3.63) is 33.8 Å². The van der Waals surface area contributed by atoms with E-state index < -0.39 is 0 Å². The predicted octanol–water partition coefficient (Wildman–Crippen LogP) is 4.76. The smallest absolute Gasteiger partial charge is 0.0595 e. The number of halogens is 2. The summed E-state index contributed by atoms with van der Waals surface area (Å²) in [4.78, 5) is 0. The maximum atomic E-state index is 6.02. The van der Waals surface area contributed by atoms with Crippen molar-refractivity contribution in [2.45, 2.75) is 43.5 Å². The number of thioether (sulfide) groups is 1. The first kappa shape index (κ1) is 14.5. The van der Waals surface area contributed by atoms with Crippen molar-refractivity contribution >= 4 is 35.0 Å². The van der Waals surface area contributed by atoms with Crippen LogP contribution in [0.25, 0.3) is 0 Å². The van der Waals surface area contributed by atoms with Crippen molar-refractivity contribution in [3.8, 4) is 0 Å². The van der Waals surface area contributed by atoms with E-state index in [0.29, 0.717) is 16.1 Å². The van der Waals surface area contributed by atoms with Crippen molar-refractivity contribution in [1.82, 2.24) is 5.32 Å². The number of nitrogens with one attached hydrogen (secondary N) is 1. The minimum absolute atomic E-state index is 0.625. The van der Waals surface area contributed by atoms with Gasteiger partial charge in [0.25, 0.3) is 0 Å². The Bertz CT molecular complexity index is 397. The zero-order valence-corrected chi connectivity index (χ0v) is 12.9. The largest absolute Gasteiger partial charge is 0.310 e. The Morgan fingerprint density at radius 1 is 1.28 bits per heavy atom. The number of hydrogen-bond acceptors (Lipinski definition) is 2. The molecule has 1 nitrogen and oxygen atoms in total. The molecule has 0 bridgehead atoms. The van der Waals surface area contributed by atoms with E-state index in [9.17, 15) is 0 Å². The van der Waals surface area contributed by atoms with Gasteiger partial charge >= 0.3 is 0 Å². The second-order valence-corrected chi connectivity index (χ2v) is 6.80. The molecule has 0 heterocycles. The molecule has 18 heavy (non-hydrogen) atoms. The molecule has 2 unspecified atom stereocenters. The fourth-order valence-electron chi connectivity index (χ4n) is 2.46. The fourth-order valence-corrected chi connectivity index (χ4v) is 3.60. The summed E-state index contributed by atoms with van der Waals surface area (Å²) in [7, 11) is 0. The van der Waals surface area contributed by atoms with Gasteiger partial charge in [0.05, 0.1) is 10.0 Å². The van der Waals surface area contributed by atoms with Crippen LogP contribution in [0.1, 0.15) is 31.2 Å². The zero-order chi connectivity index (χ0) is 13.0. The second kappa shape index (κ2) is 7.04. The van der Waals surface area contributed by atoms with Crippen LogP contribution in [0.2, 0.25) is 10.0 Å². The average Bonchev–Trinajstić information content (AvgIpc) is 2.40. The third kappa shape index (κ3) is 4.06. The topological polar surface area (TPSA) is 12.0 Å². The van der Waals surface area contributed by atoms with Gasteiger partial charge < -0.3 is 5.32 Å². The molecule has 1 aliphatic carbocycles. The molecule has 1 aromatic rings. The van der Waals surface area contributed by atoms with E-state index in [1.165, 1.54) is 31.2 Å². The highest BCUT2D eigenvalue weighted by atomic mass is 35.5. The molecule has 2 atom stereocenters. The monoisotopic (exact) mass is 303 g/mol. The number of hydrogen-bond donors (Lipinski definition) is 1. The van der Waals surface area contributed by atoms with Gasteiger partial charge in [-0.2, -0.15) is 11.8 Å². The van der Waals surface area contributed by atoms with Crippen molar-refractivity contribution in [2.24, 2.45) is 0 Å². The summed E-state index contributed by atoms with van der Waals surface area (Å²) >= 11 is 13.9. The summed E-state index contributed by atoms with van der Waals surface area (Å²) in [5.74, 6) is 0. The third-order valence-corrected chi connectivity index (χ3v) is 5.37. The fraction of sp³-hybridized carbons (Fsp3) is 0.571. The molecular formula is C14H19Cl2NS. The van der Waals surface area contributed by atoms with Gasteiger partial charge in [-0.05, 0) is 43.2 Å². The van der Waals surface area contributed by atoms with Crippen LogP contribution in [0.4, 0.5) is 0 Å². The summed E-state index contributed by atoms with van der Waals surface area (Å²) in [5, 5.41) is 5.72. The van der Waals surface area contributed by atoms with Crippen molar-refractivity contribution < 1.29 is 0 Å². The van der Waals surface area contributed by atoms with Gasteiger partial charge in [0.15, 0.2) is 0 Å². The lowest BCUT2D eigenvalue weighted by atomic mass is 9.95. The van der Waals surface area contributed by atoms with Crippen LogP contribution < -0.4 is 5.32 Å². The lowest BCUT2D eigenvalue weighted by Gasteiger charge is -2.28. The Balaban J connectivity index is 1.85. The molecule has 1 aliphatic rings. The lowest BCUT2D eigenvalue weighted by molar-refractivity contribution is 0.380. The normalized spacial score (nSPS) is 24.2. The average molecular weight is 304 g/mol. The third-order valence-electron chi connectivity index (χ3n) is 3.54. The van der Waals surface area contributed by atoms with Crippen LogP contribution in [0, 0.1) is 0 Å². The van der Waals surface area contributed by atoms with E-state index in [0.717, 1.165) is 11.8 Å². The summed E-state index contributed by atoms with van der Waals surface area (Å²) < 4.78 is 0. The summed E-state index contributed by atoms with van der Waals surface area (Å²) in [5.41, 5.74) is 1.20. The molecule has 100 valence electrons.